The Kier molecular flexibility index (Phi) is 4.19. The molecule has 2 heterocycles. The second-order valence-electron chi connectivity index (χ2n) is 6.20. The van der Waals surface area contributed by atoms with E-state index in [4.69, 9.17) is 9.26 Å². The predicted molar refractivity (Wildman–Crippen MR) is 93.4 cm³/mol. The maximum Gasteiger partial charge on any atom is 0.259 e. The van der Waals surface area contributed by atoms with Crippen molar-refractivity contribution in [2.75, 3.05) is 20.3 Å². The number of carbonyl (C=O) groups is 1. The molecule has 0 radical (unpaired) electrons. The van der Waals surface area contributed by atoms with E-state index >= 15 is 0 Å². The Labute approximate surface area is 145 Å². The van der Waals surface area contributed by atoms with Crippen molar-refractivity contribution in [3.8, 4) is 11.3 Å². The van der Waals surface area contributed by atoms with Gasteiger partial charge in [-0.25, -0.2) is 4.98 Å². The molecule has 1 aromatic carbocycles. The third kappa shape index (κ3) is 3.13. The summed E-state index contributed by atoms with van der Waals surface area (Å²) in [5, 5.41) is 7.73. The van der Waals surface area contributed by atoms with Crippen LogP contribution in [0.25, 0.3) is 22.4 Å². The van der Waals surface area contributed by atoms with E-state index in [2.05, 4.69) is 15.5 Å². The van der Waals surface area contributed by atoms with Gasteiger partial charge in [-0.2, -0.15) is 0 Å². The van der Waals surface area contributed by atoms with Crippen molar-refractivity contribution < 1.29 is 14.1 Å². The first-order chi connectivity index (χ1) is 12.3. The first-order valence-electron chi connectivity index (χ1n) is 8.41. The number of ether oxygens (including phenoxy) is 1. The van der Waals surface area contributed by atoms with Gasteiger partial charge in [-0.3, -0.25) is 4.79 Å². The highest BCUT2D eigenvalue weighted by atomic mass is 16.5. The van der Waals surface area contributed by atoms with Gasteiger partial charge >= 0.3 is 0 Å². The molecule has 25 heavy (non-hydrogen) atoms. The van der Waals surface area contributed by atoms with E-state index in [-0.39, 0.29) is 5.91 Å². The van der Waals surface area contributed by atoms with Gasteiger partial charge in [-0.05, 0) is 18.9 Å². The van der Waals surface area contributed by atoms with Crippen LogP contribution in [0.15, 0.2) is 40.9 Å². The average molecular weight is 337 g/mol. The van der Waals surface area contributed by atoms with Gasteiger partial charge in [0.25, 0.3) is 11.6 Å². The number of aromatic nitrogens is 2. The summed E-state index contributed by atoms with van der Waals surface area (Å²) in [5.74, 6) is 0.256. The van der Waals surface area contributed by atoms with Crippen molar-refractivity contribution >= 4 is 17.0 Å². The topological polar surface area (TPSA) is 77.2 Å². The third-order valence-corrected chi connectivity index (χ3v) is 4.35. The van der Waals surface area contributed by atoms with E-state index in [1.807, 2.05) is 36.4 Å². The Balaban J connectivity index is 1.82. The minimum Gasteiger partial charge on any atom is -0.383 e. The molecule has 0 unspecified atom stereocenters. The van der Waals surface area contributed by atoms with Gasteiger partial charge in [-0.15, -0.1) is 0 Å². The first kappa shape index (κ1) is 15.8. The highest BCUT2D eigenvalue weighted by Gasteiger charge is 2.29. The molecule has 1 aliphatic rings. The fourth-order valence-electron chi connectivity index (χ4n) is 2.89. The molecule has 1 fully saturated rings. The summed E-state index contributed by atoms with van der Waals surface area (Å²) in [6.07, 6.45) is 2.20. The van der Waals surface area contributed by atoms with Crippen molar-refractivity contribution in [1.82, 2.24) is 15.5 Å². The van der Waals surface area contributed by atoms with E-state index in [0.717, 1.165) is 24.1 Å². The molecule has 0 atom stereocenters. The quantitative estimate of drug-likeness (QED) is 0.699. The molecule has 1 aliphatic carbocycles. The second-order valence-corrected chi connectivity index (χ2v) is 6.20. The number of carbonyl (C=O) groups excluding carboxylic acids is 1. The number of fused-ring (bicyclic) bond motifs is 1. The Hall–Kier alpha value is -2.73. The summed E-state index contributed by atoms with van der Waals surface area (Å²) in [5.41, 5.74) is 3.42. The van der Waals surface area contributed by atoms with E-state index in [1.165, 1.54) is 0 Å². The van der Waals surface area contributed by atoms with Gasteiger partial charge in [0.05, 0.1) is 17.6 Å². The van der Waals surface area contributed by atoms with Gasteiger partial charge in [0.2, 0.25) is 0 Å². The van der Waals surface area contributed by atoms with Crippen LogP contribution in [-0.4, -0.2) is 36.3 Å². The minimum absolute atomic E-state index is 0.160. The molecule has 3 aromatic rings. The molecular weight excluding hydrogens is 318 g/mol. The molecule has 6 heteroatoms. The van der Waals surface area contributed by atoms with Crippen LogP contribution in [0.2, 0.25) is 0 Å². The van der Waals surface area contributed by atoms with Gasteiger partial charge in [0.1, 0.15) is 5.69 Å². The Morgan fingerprint density at radius 2 is 2.12 bits per heavy atom. The summed E-state index contributed by atoms with van der Waals surface area (Å²) in [6.45, 7) is 0.911. The zero-order chi connectivity index (χ0) is 17.2. The normalized spacial score (nSPS) is 14.0. The summed E-state index contributed by atoms with van der Waals surface area (Å²) in [7, 11) is 1.61. The van der Waals surface area contributed by atoms with Crippen LogP contribution >= 0.6 is 0 Å². The van der Waals surface area contributed by atoms with Crippen LogP contribution in [0.4, 0.5) is 0 Å². The van der Waals surface area contributed by atoms with Crippen LogP contribution in [-0.2, 0) is 4.74 Å². The zero-order valence-corrected chi connectivity index (χ0v) is 14.0. The number of nitrogens with zero attached hydrogens (tertiary/aromatic N) is 2. The Bertz CT molecular complexity index is 901. The largest absolute Gasteiger partial charge is 0.383 e. The highest BCUT2D eigenvalue weighted by molar-refractivity contribution is 6.09. The molecule has 0 aliphatic heterocycles. The number of methoxy groups -OCH3 is 1. The smallest absolute Gasteiger partial charge is 0.259 e. The van der Waals surface area contributed by atoms with E-state index in [0.29, 0.717) is 41.4 Å². The molecule has 4 rings (SSSR count). The molecule has 2 aromatic heterocycles. The zero-order valence-electron chi connectivity index (χ0n) is 14.0. The third-order valence-electron chi connectivity index (χ3n) is 4.35. The molecule has 0 saturated heterocycles. The maximum atomic E-state index is 12.7. The van der Waals surface area contributed by atoms with E-state index in [9.17, 15) is 4.79 Å². The SMILES string of the molecule is COCCNC(=O)c1cc(C2CC2)nc2onc(-c3ccccc3)c12. The lowest BCUT2D eigenvalue weighted by Gasteiger charge is -2.08. The Morgan fingerprint density at radius 3 is 2.84 bits per heavy atom. The van der Waals surface area contributed by atoms with Gasteiger partial charge in [-0.1, -0.05) is 35.5 Å². The molecular formula is C19H19N3O3. The average Bonchev–Trinajstić information content (AvgIpc) is 3.41. The predicted octanol–water partition coefficient (Wildman–Crippen LogP) is 3.14. The molecule has 1 amide bonds. The first-order valence-corrected chi connectivity index (χ1v) is 8.41. The summed E-state index contributed by atoms with van der Waals surface area (Å²) in [4.78, 5) is 17.3. The molecule has 128 valence electrons. The van der Waals surface area contributed by atoms with E-state index in [1.54, 1.807) is 7.11 Å². The van der Waals surface area contributed by atoms with Crippen LogP contribution in [0.3, 0.4) is 0 Å². The maximum absolute atomic E-state index is 12.7. The molecule has 1 N–H and O–H groups in total. The van der Waals surface area contributed by atoms with Crippen molar-refractivity contribution in [2.45, 2.75) is 18.8 Å². The molecule has 1 saturated carbocycles. The summed E-state index contributed by atoms with van der Waals surface area (Å²) >= 11 is 0. The number of hydrogen-bond acceptors (Lipinski definition) is 5. The number of benzene rings is 1. The summed E-state index contributed by atoms with van der Waals surface area (Å²) in [6, 6.07) is 11.6. The molecule has 6 nitrogen and oxygen atoms in total. The lowest BCUT2D eigenvalue weighted by molar-refractivity contribution is 0.0938. The van der Waals surface area contributed by atoms with Gasteiger partial charge < -0.3 is 14.6 Å². The van der Waals surface area contributed by atoms with Crippen LogP contribution in [0.1, 0.15) is 34.8 Å². The fraction of sp³-hybridized carbons (Fsp3) is 0.316. The summed E-state index contributed by atoms with van der Waals surface area (Å²) < 4.78 is 10.5. The van der Waals surface area contributed by atoms with Crippen molar-refractivity contribution in [3.63, 3.8) is 0 Å². The molecule has 0 spiro atoms. The number of nitrogens with one attached hydrogen (secondary N) is 1. The number of amides is 1. The number of pyridine rings is 1. The van der Waals surface area contributed by atoms with Crippen molar-refractivity contribution in [3.05, 3.63) is 47.7 Å². The number of rotatable bonds is 6. The van der Waals surface area contributed by atoms with Gasteiger partial charge in [0.15, 0.2) is 0 Å². The highest BCUT2D eigenvalue weighted by Crippen LogP contribution is 2.41. The van der Waals surface area contributed by atoms with Crippen molar-refractivity contribution in [1.29, 1.82) is 0 Å². The minimum atomic E-state index is -0.160. The lowest BCUT2D eigenvalue weighted by atomic mass is 10.0. The monoisotopic (exact) mass is 337 g/mol. The van der Waals surface area contributed by atoms with E-state index < -0.39 is 0 Å². The fourth-order valence-corrected chi connectivity index (χ4v) is 2.89. The number of hydrogen-bond donors (Lipinski definition) is 1. The van der Waals surface area contributed by atoms with Gasteiger partial charge in [0, 0.05) is 30.8 Å². The standard InChI is InChI=1S/C19H19N3O3/c1-24-10-9-20-18(23)14-11-15(12-7-8-12)21-19-16(14)17(22-25-19)13-5-3-2-4-6-13/h2-6,11-12H,7-10H2,1H3,(H,20,23). The second kappa shape index (κ2) is 6.64. The van der Waals surface area contributed by atoms with Crippen LogP contribution < -0.4 is 5.32 Å². The molecule has 0 bridgehead atoms. The Morgan fingerprint density at radius 1 is 1.32 bits per heavy atom. The van der Waals surface area contributed by atoms with Crippen LogP contribution in [0.5, 0.6) is 0 Å². The lowest BCUT2D eigenvalue weighted by Crippen LogP contribution is -2.27. The van der Waals surface area contributed by atoms with Crippen LogP contribution in [0, 0.1) is 0 Å². The van der Waals surface area contributed by atoms with Crippen molar-refractivity contribution in [2.24, 2.45) is 0 Å².